The van der Waals surface area contributed by atoms with Crippen LogP contribution in [0, 0.1) is 35.5 Å². The van der Waals surface area contributed by atoms with Gasteiger partial charge in [-0.25, -0.2) is 0 Å². The van der Waals surface area contributed by atoms with Gasteiger partial charge in [0.25, 0.3) is 0 Å². The van der Waals surface area contributed by atoms with Crippen molar-refractivity contribution in [2.24, 2.45) is 35.5 Å². The molecule has 1 heteroatoms. The first-order valence-electron chi connectivity index (χ1n) is 12.1. The van der Waals surface area contributed by atoms with Gasteiger partial charge in [-0.1, -0.05) is 93.1 Å². The normalized spacial score (nSPS) is 42.0. The Morgan fingerprint density at radius 3 is 2.41 bits per heavy atom. The minimum Gasteiger partial charge on any atom is -0.0819 e. The van der Waals surface area contributed by atoms with Crippen molar-refractivity contribution in [1.29, 1.82) is 0 Å². The molecular weight excluding hydrogens is 340 g/mol. The first-order valence-corrected chi connectivity index (χ1v) is 15.2. The van der Waals surface area contributed by atoms with E-state index in [1.54, 1.807) is 42.9 Å². The molecule has 27 heavy (non-hydrogen) atoms. The highest BCUT2D eigenvalue weighted by Crippen LogP contribution is 2.63. The van der Waals surface area contributed by atoms with Gasteiger partial charge in [0.05, 0.1) is 8.07 Å². The fourth-order valence-corrected chi connectivity index (χ4v) is 12.9. The molecule has 0 heterocycles. The van der Waals surface area contributed by atoms with E-state index in [9.17, 15) is 0 Å². The van der Waals surface area contributed by atoms with E-state index in [0.29, 0.717) is 0 Å². The molecule has 3 saturated carbocycles. The first-order chi connectivity index (χ1) is 13.1. The van der Waals surface area contributed by atoms with Gasteiger partial charge in [-0.15, -0.1) is 0 Å². The smallest absolute Gasteiger partial charge is 0.0819 e. The number of fused-ring (bicyclic) bond motifs is 2. The van der Waals surface area contributed by atoms with Crippen LogP contribution in [0.3, 0.4) is 0 Å². The molecule has 3 fully saturated rings. The molecule has 0 nitrogen and oxygen atoms in total. The SMILES string of the molecule is CC1=CC2C(CC3CCCC3C2C2CCCCC2)C1[Si](C)(C)C1=CCC=C1. The molecule has 6 atom stereocenters. The van der Waals surface area contributed by atoms with Gasteiger partial charge in [-0.3, -0.25) is 0 Å². The van der Waals surface area contributed by atoms with Crippen molar-refractivity contribution in [2.45, 2.75) is 89.8 Å². The van der Waals surface area contributed by atoms with Gasteiger partial charge in [-0.2, -0.15) is 0 Å². The quantitative estimate of drug-likeness (QED) is 0.347. The Hall–Kier alpha value is -0.563. The van der Waals surface area contributed by atoms with Crippen LogP contribution >= 0.6 is 0 Å². The summed E-state index contributed by atoms with van der Waals surface area (Å²) >= 11 is 0. The lowest BCUT2D eigenvalue weighted by molar-refractivity contribution is 0.0309. The van der Waals surface area contributed by atoms with Crippen LogP contribution in [-0.2, 0) is 0 Å². The van der Waals surface area contributed by atoms with Crippen LogP contribution < -0.4 is 0 Å². The second-order valence-corrected chi connectivity index (χ2v) is 15.9. The van der Waals surface area contributed by atoms with Gasteiger partial charge in [0.1, 0.15) is 0 Å². The topological polar surface area (TPSA) is 0 Å². The highest BCUT2D eigenvalue weighted by Gasteiger charge is 2.55. The van der Waals surface area contributed by atoms with E-state index in [1.807, 2.05) is 0 Å². The third kappa shape index (κ3) is 2.98. The molecule has 6 unspecified atom stereocenters. The fourth-order valence-electron chi connectivity index (χ4n) is 8.68. The average molecular weight is 381 g/mol. The zero-order valence-corrected chi connectivity index (χ0v) is 18.9. The molecule has 0 N–H and O–H groups in total. The second-order valence-electron chi connectivity index (χ2n) is 11.2. The van der Waals surface area contributed by atoms with Crippen molar-refractivity contribution >= 4 is 8.07 Å². The Morgan fingerprint density at radius 2 is 1.67 bits per heavy atom. The van der Waals surface area contributed by atoms with E-state index >= 15 is 0 Å². The largest absolute Gasteiger partial charge is 0.0875 e. The van der Waals surface area contributed by atoms with Crippen molar-refractivity contribution in [2.75, 3.05) is 0 Å². The average Bonchev–Trinajstić information content (AvgIpc) is 3.39. The number of hydrogen-bond donors (Lipinski definition) is 0. The third-order valence-electron chi connectivity index (χ3n) is 9.59. The van der Waals surface area contributed by atoms with Crippen LogP contribution in [-0.4, -0.2) is 8.07 Å². The van der Waals surface area contributed by atoms with E-state index in [-0.39, 0.29) is 0 Å². The van der Waals surface area contributed by atoms with Crippen LogP contribution in [0.15, 0.2) is 35.1 Å². The summed E-state index contributed by atoms with van der Waals surface area (Å²) in [4.78, 5) is 0. The summed E-state index contributed by atoms with van der Waals surface area (Å²) in [5.41, 5.74) is 2.70. The molecule has 0 amide bonds. The lowest BCUT2D eigenvalue weighted by Gasteiger charge is -2.50. The summed E-state index contributed by atoms with van der Waals surface area (Å²) in [6.45, 7) is 7.90. The van der Waals surface area contributed by atoms with Crippen LogP contribution in [0.1, 0.15) is 71.1 Å². The molecule has 148 valence electrons. The molecule has 0 bridgehead atoms. The van der Waals surface area contributed by atoms with E-state index in [4.69, 9.17) is 0 Å². The molecule has 0 spiro atoms. The summed E-state index contributed by atoms with van der Waals surface area (Å²) < 4.78 is 0. The van der Waals surface area contributed by atoms with E-state index in [0.717, 1.165) is 41.0 Å². The monoisotopic (exact) mass is 380 g/mol. The molecule has 5 rings (SSSR count). The second kappa shape index (κ2) is 7.04. The highest BCUT2D eigenvalue weighted by molar-refractivity contribution is 6.87. The fraction of sp³-hybridized carbons (Fsp3) is 0.769. The highest BCUT2D eigenvalue weighted by atomic mass is 28.3. The number of hydrogen-bond acceptors (Lipinski definition) is 0. The molecule has 5 aliphatic carbocycles. The number of rotatable bonds is 3. The van der Waals surface area contributed by atoms with Gasteiger partial charge in [0.2, 0.25) is 0 Å². The summed E-state index contributed by atoms with van der Waals surface area (Å²) in [6.07, 6.45) is 25.3. The molecule has 0 saturated heterocycles. The summed E-state index contributed by atoms with van der Waals surface area (Å²) in [5.74, 6) is 6.14. The Labute approximate surface area is 168 Å². The Balaban J connectivity index is 1.49. The van der Waals surface area contributed by atoms with Crippen molar-refractivity contribution in [3.8, 4) is 0 Å². The van der Waals surface area contributed by atoms with Gasteiger partial charge < -0.3 is 0 Å². The van der Waals surface area contributed by atoms with Gasteiger partial charge in [0.15, 0.2) is 0 Å². The molecule has 0 aliphatic heterocycles. The molecule has 5 aliphatic rings. The van der Waals surface area contributed by atoms with Crippen molar-refractivity contribution < 1.29 is 0 Å². The Bertz CT molecular complexity index is 660. The maximum atomic E-state index is 2.84. The molecule has 0 aromatic heterocycles. The number of allylic oxidation sites excluding steroid dienone is 6. The maximum Gasteiger partial charge on any atom is 0.0875 e. The Kier molecular flexibility index (Phi) is 4.82. The predicted molar refractivity (Wildman–Crippen MR) is 119 cm³/mol. The minimum atomic E-state index is -1.43. The zero-order chi connectivity index (χ0) is 18.6. The molecule has 0 aromatic rings. The lowest BCUT2D eigenvalue weighted by Crippen LogP contribution is -2.46. The van der Waals surface area contributed by atoms with Gasteiger partial charge >= 0.3 is 0 Å². The summed E-state index contributed by atoms with van der Waals surface area (Å²) in [5, 5.41) is 1.75. The molecule has 0 aromatic carbocycles. The van der Waals surface area contributed by atoms with Crippen molar-refractivity contribution in [1.82, 2.24) is 0 Å². The zero-order valence-electron chi connectivity index (χ0n) is 17.9. The van der Waals surface area contributed by atoms with Gasteiger partial charge in [-0.05, 0) is 67.2 Å². The van der Waals surface area contributed by atoms with Crippen LogP contribution in [0.4, 0.5) is 0 Å². The van der Waals surface area contributed by atoms with Crippen molar-refractivity contribution in [3.63, 3.8) is 0 Å². The van der Waals surface area contributed by atoms with E-state index in [2.05, 4.69) is 44.3 Å². The lowest BCUT2D eigenvalue weighted by atomic mass is 9.58. The third-order valence-corrected chi connectivity index (χ3v) is 13.9. The van der Waals surface area contributed by atoms with Crippen LogP contribution in [0.2, 0.25) is 18.6 Å². The Morgan fingerprint density at radius 1 is 0.889 bits per heavy atom. The standard InChI is InChI=1S/C26H40Si/c1-18-16-23-24(26(18)27(2,3)21-13-7-8-14-21)17-20-12-9-15-22(20)25(23)19-10-5-4-6-11-19/h7,13-14,16,19-20,22-26H,4-6,8-12,15,17H2,1-3H3. The van der Waals surface area contributed by atoms with Gasteiger partial charge in [0, 0.05) is 0 Å². The first kappa shape index (κ1) is 18.5. The van der Waals surface area contributed by atoms with Crippen LogP contribution in [0.25, 0.3) is 0 Å². The maximum absolute atomic E-state index is 2.84. The summed E-state index contributed by atoms with van der Waals surface area (Å²) in [7, 11) is -1.43. The predicted octanol–water partition coefficient (Wildman–Crippen LogP) is 7.70. The van der Waals surface area contributed by atoms with E-state index in [1.165, 1.54) is 32.1 Å². The van der Waals surface area contributed by atoms with Crippen molar-refractivity contribution in [3.05, 3.63) is 35.1 Å². The van der Waals surface area contributed by atoms with Crippen LogP contribution in [0.5, 0.6) is 0 Å². The molecule has 0 radical (unpaired) electrons. The minimum absolute atomic E-state index is 0.907. The van der Waals surface area contributed by atoms with E-state index < -0.39 is 8.07 Å². The molecular formula is C26H40Si. The summed E-state index contributed by atoms with van der Waals surface area (Å²) in [6, 6.07) is 0.